The van der Waals surface area contributed by atoms with Crippen molar-refractivity contribution in [3.8, 4) is 0 Å². The predicted molar refractivity (Wildman–Crippen MR) is 96.0 cm³/mol. The summed E-state index contributed by atoms with van der Waals surface area (Å²) in [4.78, 5) is 13.5. The van der Waals surface area contributed by atoms with Gasteiger partial charge in [0.2, 0.25) is 0 Å². The van der Waals surface area contributed by atoms with E-state index in [1.54, 1.807) is 21.9 Å². The van der Waals surface area contributed by atoms with Crippen LogP contribution >= 0.6 is 15.9 Å². The van der Waals surface area contributed by atoms with E-state index in [9.17, 15) is 10.1 Å². The van der Waals surface area contributed by atoms with Crippen LogP contribution in [-0.4, -0.2) is 31.1 Å². The largest absolute Gasteiger partial charge is 0.322 e. The average molecular weight is 392 g/mol. The van der Waals surface area contributed by atoms with Gasteiger partial charge in [0, 0.05) is 27.7 Å². The number of nitrogens with zero attached hydrogens (tertiary/aromatic N) is 1. The number of nitrogens with one attached hydrogen (secondary N) is 2. The van der Waals surface area contributed by atoms with E-state index in [-0.39, 0.29) is 10.6 Å². The summed E-state index contributed by atoms with van der Waals surface area (Å²) in [5, 5.41) is 10.7. The van der Waals surface area contributed by atoms with Gasteiger partial charge in [-0.25, -0.2) is 0 Å². The van der Waals surface area contributed by atoms with E-state index in [0.29, 0.717) is 0 Å². The van der Waals surface area contributed by atoms with Crippen molar-refractivity contribution in [1.82, 2.24) is 0 Å². The van der Waals surface area contributed by atoms with E-state index in [1.165, 1.54) is 11.1 Å². The molecule has 0 spiro atoms. The number of non-ortho nitro benzene ring substituents is 1. The highest BCUT2D eigenvalue weighted by Gasteiger charge is 2.23. The monoisotopic (exact) mass is 391 g/mol. The Balaban J connectivity index is 1.49. The van der Waals surface area contributed by atoms with Gasteiger partial charge in [-0.05, 0) is 24.3 Å². The molecule has 1 aliphatic rings. The van der Waals surface area contributed by atoms with Crippen LogP contribution in [0, 0.1) is 10.1 Å². The summed E-state index contributed by atoms with van der Waals surface area (Å²) in [6, 6.07) is 15.5. The second kappa shape index (κ2) is 7.88. The standard InChI is InChI=1S/C18H20BrN3O2/c19-17-3-1-2-16(12-17)14-21-10-8-20(9-11-21)13-15-4-6-18(7-5-15)22(23)24/h1-7,12H,8-11,13-14H2/p+2. The van der Waals surface area contributed by atoms with Crippen LogP contribution in [0.15, 0.2) is 53.0 Å². The highest BCUT2D eigenvalue weighted by atomic mass is 79.9. The molecule has 2 aromatic rings. The van der Waals surface area contributed by atoms with Crippen LogP contribution in [0.25, 0.3) is 0 Å². The van der Waals surface area contributed by atoms with Gasteiger partial charge >= 0.3 is 0 Å². The Morgan fingerprint density at radius 3 is 2.04 bits per heavy atom. The van der Waals surface area contributed by atoms with E-state index in [0.717, 1.165) is 43.7 Å². The lowest BCUT2D eigenvalue weighted by molar-refractivity contribution is -1.02. The third-order valence-electron chi connectivity index (χ3n) is 4.61. The van der Waals surface area contributed by atoms with Crippen molar-refractivity contribution in [2.45, 2.75) is 13.1 Å². The minimum absolute atomic E-state index is 0.164. The van der Waals surface area contributed by atoms with Gasteiger partial charge < -0.3 is 9.80 Å². The number of piperazine rings is 1. The second-order valence-electron chi connectivity index (χ2n) is 6.41. The number of quaternary nitrogens is 2. The molecule has 1 aliphatic heterocycles. The van der Waals surface area contributed by atoms with Crippen molar-refractivity contribution >= 4 is 21.6 Å². The van der Waals surface area contributed by atoms with E-state index in [1.807, 2.05) is 12.1 Å². The van der Waals surface area contributed by atoms with Crippen LogP contribution in [0.3, 0.4) is 0 Å². The van der Waals surface area contributed by atoms with Gasteiger partial charge in [0.05, 0.1) is 4.92 Å². The maximum Gasteiger partial charge on any atom is 0.269 e. The molecule has 2 aromatic carbocycles. The Kier molecular flexibility index (Phi) is 5.60. The van der Waals surface area contributed by atoms with Crippen LogP contribution in [0.1, 0.15) is 11.1 Å². The molecular weight excluding hydrogens is 370 g/mol. The molecule has 3 rings (SSSR count). The molecule has 1 saturated heterocycles. The normalized spacial score (nSPS) is 20.7. The first kappa shape index (κ1) is 17.1. The maximum atomic E-state index is 10.7. The molecule has 126 valence electrons. The van der Waals surface area contributed by atoms with Gasteiger partial charge in [0.25, 0.3) is 5.69 Å². The number of rotatable bonds is 5. The van der Waals surface area contributed by atoms with E-state index >= 15 is 0 Å². The molecule has 24 heavy (non-hydrogen) atoms. The zero-order valence-corrected chi connectivity index (χ0v) is 15.1. The molecule has 2 N–H and O–H groups in total. The number of nitro groups is 1. The van der Waals surface area contributed by atoms with Gasteiger partial charge in [0.15, 0.2) is 0 Å². The van der Waals surface area contributed by atoms with Crippen molar-refractivity contribution in [2.24, 2.45) is 0 Å². The number of hydrogen-bond acceptors (Lipinski definition) is 2. The summed E-state index contributed by atoms with van der Waals surface area (Å²) in [6.45, 7) is 6.62. The van der Waals surface area contributed by atoms with Gasteiger partial charge in [-0.15, -0.1) is 0 Å². The summed E-state index contributed by atoms with van der Waals surface area (Å²) in [7, 11) is 0. The molecule has 6 heteroatoms. The summed E-state index contributed by atoms with van der Waals surface area (Å²) in [6.07, 6.45) is 0. The molecule has 0 unspecified atom stereocenters. The minimum Gasteiger partial charge on any atom is -0.322 e. The van der Waals surface area contributed by atoms with Crippen molar-refractivity contribution in [3.63, 3.8) is 0 Å². The minimum atomic E-state index is -0.347. The van der Waals surface area contributed by atoms with Gasteiger partial charge in [-0.2, -0.15) is 0 Å². The molecule has 0 aliphatic carbocycles. The molecule has 1 fully saturated rings. The SMILES string of the molecule is O=[N+]([O-])c1ccc(C[NH+]2CC[NH+](Cc3cccc(Br)c3)CC2)cc1. The summed E-state index contributed by atoms with van der Waals surface area (Å²) in [5.74, 6) is 0. The fraction of sp³-hybridized carbons (Fsp3) is 0.333. The van der Waals surface area contributed by atoms with Gasteiger partial charge in [-0.3, -0.25) is 10.1 Å². The molecule has 1 heterocycles. The number of nitro benzene ring substituents is 1. The zero-order valence-electron chi connectivity index (χ0n) is 13.5. The lowest BCUT2D eigenvalue weighted by atomic mass is 10.1. The van der Waals surface area contributed by atoms with Crippen LogP contribution < -0.4 is 9.80 Å². The average Bonchev–Trinajstić information content (AvgIpc) is 2.57. The van der Waals surface area contributed by atoms with Crippen molar-refractivity contribution in [1.29, 1.82) is 0 Å². The first-order valence-electron chi connectivity index (χ1n) is 8.25. The lowest BCUT2D eigenvalue weighted by Crippen LogP contribution is -3.27. The first-order valence-corrected chi connectivity index (χ1v) is 9.04. The number of halogens is 1. The van der Waals surface area contributed by atoms with Gasteiger partial charge in [0.1, 0.15) is 39.3 Å². The highest BCUT2D eigenvalue weighted by molar-refractivity contribution is 9.10. The smallest absolute Gasteiger partial charge is 0.269 e. The molecule has 0 bridgehead atoms. The summed E-state index contributed by atoms with van der Waals surface area (Å²) in [5.41, 5.74) is 2.71. The zero-order chi connectivity index (χ0) is 16.9. The third-order valence-corrected chi connectivity index (χ3v) is 5.10. The maximum absolute atomic E-state index is 10.7. The summed E-state index contributed by atoms with van der Waals surface area (Å²) >= 11 is 3.53. The van der Waals surface area contributed by atoms with Crippen LogP contribution in [0.4, 0.5) is 5.69 Å². The quantitative estimate of drug-likeness (QED) is 0.586. The molecule has 5 nitrogen and oxygen atoms in total. The molecule has 0 amide bonds. The second-order valence-corrected chi connectivity index (χ2v) is 7.32. The van der Waals surface area contributed by atoms with Crippen LogP contribution in [0.2, 0.25) is 0 Å². The fourth-order valence-electron chi connectivity index (χ4n) is 3.27. The topological polar surface area (TPSA) is 52.0 Å². The van der Waals surface area contributed by atoms with Crippen molar-refractivity contribution < 1.29 is 14.7 Å². The molecule has 0 atom stereocenters. The van der Waals surface area contributed by atoms with Crippen LogP contribution in [0.5, 0.6) is 0 Å². The summed E-state index contributed by atoms with van der Waals surface area (Å²) < 4.78 is 1.14. The Bertz CT molecular complexity index is 698. The Labute approximate surface area is 150 Å². The molecular formula is C18H22BrN3O2+2. The molecule has 0 aromatic heterocycles. The van der Waals surface area contributed by atoms with E-state index < -0.39 is 0 Å². The molecule has 0 saturated carbocycles. The Morgan fingerprint density at radius 1 is 0.917 bits per heavy atom. The van der Waals surface area contributed by atoms with E-state index in [4.69, 9.17) is 0 Å². The Morgan fingerprint density at radius 2 is 1.50 bits per heavy atom. The lowest BCUT2D eigenvalue weighted by Gasteiger charge is -2.29. The Hall–Kier alpha value is -1.76. The van der Waals surface area contributed by atoms with Gasteiger partial charge in [-0.1, -0.05) is 28.1 Å². The fourth-order valence-corrected chi connectivity index (χ4v) is 3.72. The van der Waals surface area contributed by atoms with Crippen molar-refractivity contribution in [2.75, 3.05) is 26.2 Å². The van der Waals surface area contributed by atoms with E-state index in [2.05, 4.69) is 40.2 Å². The molecule has 0 radical (unpaired) electrons. The third kappa shape index (κ3) is 4.63. The number of hydrogen-bond donors (Lipinski definition) is 2. The van der Waals surface area contributed by atoms with Crippen molar-refractivity contribution in [3.05, 3.63) is 74.2 Å². The highest BCUT2D eigenvalue weighted by Crippen LogP contribution is 2.11. The first-order chi connectivity index (χ1) is 11.6. The van der Waals surface area contributed by atoms with Crippen LogP contribution in [-0.2, 0) is 13.1 Å². The number of benzene rings is 2. The predicted octanol–water partition coefficient (Wildman–Crippen LogP) is 0.841.